The van der Waals surface area contributed by atoms with Crippen LogP contribution < -0.4 is 14.8 Å². The molecule has 0 aromatic heterocycles. The summed E-state index contributed by atoms with van der Waals surface area (Å²) in [6.07, 6.45) is 0.113. The van der Waals surface area contributed by atoms with E-state index >= 15 is 0 Å². The summed E-state index contributed by atoms with van der Waals surface area (Å²) in [5, 5.41) is 2.87. The highest BCUT2D eigenvalue weighted by Gasteiger charge is 2.17. The van der Waals surface area contributed by atoms with Gasteiger partial charge in [-0.25, -0.2) is 0 Å². The Hall–Kier alpha value is -2.49. The second-order valence-corrected chi connectivity index (χ2v) is 6.21. The van der Waals surface area contributed by atoms with Crippen molar-refractivity contribution < 1.29 is 14.3 Å². The number of ether oxygens (including phenoxy) is 2. The molecule has 0 radical (unpaired) electrons. The van der Waals surface area contributed by atoms with Crippen LogP contribution in [0.5, 0.6) is 11.5 Å². The Balaban J connectivity index is 1.77. The molecule has 0 aliphatic rings. The fraction of sp³-hybridized carbons (Fsp3) is 0.381. The van der Waals surface area contributed by atoms with Crippen molar-refractivity contribution >= 4 is 5.91 Å². The zero-order valence-electron chi connectivity index (χ0n) is 15.5. The Kier molecular flexibility index (Phi) is 6.87. The first kappa shape index (κ1) is 18.8. The molecule has 0 fully saturated rings. The standard InChI is InChI=1S/C21H27NO3/c1-5-20(25-18-9-6-15(2)7-10-18)21(23)22-12-13-24-19-11-8-16(3)17(4)14-19/h6-11,14,20H,5,12-13H2,1-4H3,(H,22,23). The molecule has 0 heterocycles. The maximum absolute atomic E-state index is 12.3. The van der Waals surface area contributed by atoms with E-state index in [0.29, 0.717) is 25.3 Å². The van der Waals surface area contributed by atoms with E-state index in [2.05, 4.69) is 19.2 Å². The van der Waals surface area contributed by atoms with Crippen LogP contribution in [0.4, 0.5) is 0 Å². The van der Waals surface area contributed by atoms with Crippen molar-refractivity contribution in [1.29, 1.82) is 0 Å². The first-order valence-electron chi connectivity index (χ1n) is 8.70. The number of rotatable bonds is 8. The van der Waals surface area contributed by atoms with Gasteiger partial charge in [0.05, 0.1) is 6.54 Å². The number of hydrogen-bond donors (Lipinski definition) is 1. The van der Waals surface area contributed by atoms with E-state index in [1.807, 2.05) is 56.3 Å². The zero-order chi connectivity index (χ0) is 18.2. The number of carbonyl (C=O) groups is 1. The predicted molar refractivity (Wildman–Crippen MR) is 100 cm³/mol. The fourth-order valence-corrected chi connectivity index (χ4v) is 2.36. The van der Waals surface area contributed by atoms with Gasteiger partial charge in [0.2, 0.25) is 0 Å². The highest BCUT2D eigenvalue weighted by molar-refractivity contribution is 5.81. The van der Waals surface area contributed by atoms with Crippen LogP contribution in [0.15, 0.2) is 42.5 Å². The van der Waals surface area contributed by atoms with Gasteiger partial charge in [0.1, 0.15) is 18.1 Å². The summed E-state index contributed by atoms with van der Waals surface area (Å²) in [6, 6.07) is 13.7. The smallest absolute Gasteiger partial charge is 0.261 e. The van der Waals surface area contributed by atoms with Crippen LogP contribution in [0.2, 0.25) is 0 Å². The van der Waals surface area contributed by atoms with Gasteiger partial charge < -0.3 is 14.8 Å². The molecule has 0 saturated carbocycles. The van der Waals surface area contributed by atoms with Crippen molar-refractivity contribution in [3.05, 3.63) is 59.2 Å². The Morgan fingerprint density at radius 1 is 1.00 bits per heavy atom. The maximum atomic E-state index is 12.3. The summed E-state index contributed by atoms with van der Waals surface area (Å²) in [4.78, 5) is 12.3. The van der Waals surface area contributed by atoms with Gasteiger partial charge in [0, 0.05) is 0 Å². The van der Waals surface area contributed by atoms with Gasteiger partial charge >= 0.3 is 0 Å². The minimum atomic E-state index is -0.496. The molecule has 0 spiro atoms. The van der Waals surface area contributed by atoms with Crippen LogP contribution in [0.3, 0.4) is 0 Å². The average molecular weight is 341 g/mol. The minimum absolute atomic E-state index is 0.119. The normalized spacial score (nSPS) is 11.7. The van der Waals surface area contributed by atoms with Crippen LogP contribution in [0.1, 0.15) is 30.0 Å². The zero-order valence-corrected chi connectivity index (χ0v) is 15.5. The van der Waals surface area contributed by atoms with Gasteiger partial charge in [0.25, 0.3) is 5.91 Å². The van der Waals surface area contributed by atoms with Crippen LogP contribution in [0, 0.1) is 20.8 Å². The van der Waals surface area contributed by atoms with E-state index in [0.717, 1.165) is 11.3 Å². The molecule has 2 aromatic rings. The molecule has 1 unspecified atom stereocenters. The number of amides is 1. The van der Waals surface area contributed by atoms with Gasteiger partial charge in [-0.15, -0.1) is 0 Å². The van der Waals surface area contributed by atoms with Crippen LogP contribution >= 0.6 is 0 Å². The molecule has 0 aliphatic heterocycles. The van der Waals surface area contributed by atoms with Gasteiger partial charge in [0.15, 0.2) is 6.10 Å². The molecule has 2 aromatic carbocycles. The van der Waals surface area contributed by atoms with E-state index in [4.69, 9.17) is 9.47 Å². The second-order valence-electron chi connectivity index (χ2n) is 6.21. The molecule has 4 heteroatoms. The SMILES string of the molecule is CCC(Oc1ccc(C)cc1)C(=O)NCCOc1ccc(C)c(C)c1. The molecular weight excluding hydrogens is 314 g/mol. The summed E-state index contributed by atoms with van der Waals surface area (Å²) in [5.41, 5.74) is 3.59. The monoisotopic (exact) mass is 341 g/mol. The van der Waals surface area contributed by atoms with Crippen molar-refractivity contribution in [3.8, 4) is 11.5 Å². The molecule has 0 aliphatic carbocycles. The lowest BCUT2D eigenvalue weighted by atomic mass is 10.1. The lowest BCUT2D eigenvalue weighted by Crippen LogP contribution is -2.39. The molecule has 2 rings (SSSR count). The molecule has 1 N–H and O–H groups in total. The number of hydrogen-bond acceptors (Lipinski definition) is 3. The summed E-state index contributed by atoms with van der Waals surface area (Å²) in [6.45, 7) is 8.94. The third kappa shape index (κ3) is 5.82. The lowest BCUT2D eigenvalue weighted by molar-refractivity contribution is -0.128. The Bertz CT molecular complexity index is 695. The fourth-order valence-electron chi connectivity index (χ4n) is 2.36. The van der Waals surface area contributed by atoms with Crippen molar-refractivity contribution in [2.24, 2.45) is 0 Å². The number of carbonyl (C=O) groups excluding carboxylic acids is 1. The van der Waals surface area contributed by atoms with Gasteiger partial charge in [-0.05, 0) is 62.6 Å². The molecule has 1 amide bonds. The Labute approximate surface area is 150 Å². The van der Waals surface area contributed by atoms with Crippen LogP contribution in [-0.4, -0.2) is 25.2 Å². The minimum Gasteiger partial charge on any atom is -0.492 e. The molecule has 0 saturated heterocycles. The van der Waals surface area contributed by atoms with Crippen molar-refractivity contribution in [3.63, 3.8) is 0 Å². The van der Waals surface area contributed by atoms with E-state index in [9.17, 15) is 4.79 Å². The topological polar surface area (TPSA) is 47.6 Å². The Morgan fingerprint density at radius 3 is 2.32 bits per heavy atom. The van der Waals surface area contributed by atoms with E-state index in [1.165, 1.54) is 11.1 Å². The molecular formula is C21H27NO3. The van der Waals surface area contributed by atoms with Crippen molar-refractivity contribution in [2.75, 3.05) is 13.2 Å². The van der Waals surface area contributed by atoms with Gasteiger partial charge in [-0.1, -0.05) is 30.7 Å². The van der Waals surface area contributed by atoms with Crippen LogP contribution in [-0.2, 0) is 4.79 Å². The average Bonchev–Trinajstić information content (AvgIpc) is 2.61. The van der Waals surface area contributed by atoms with Gasteiger partial charge in [-0.3, -0.25) is 4.79 Å². The molecule has 0 bridgehead atoms. The van der Waals surface area contributed by atoms with Gasteiger partial charge in [-0.2, -0.15) is 0 Å². The number of aryl methyl sites for hydroxylation is 3. The first-order valence-corrected chi connectivity index (χ1v) is 8.70. The molecule has 25 heavy (non-hydrogen) atoms. The van der Waals surface area contributed by atoms with Crippen molar-refractivity contribution in [1.82, 2.24) is 5.32 Å². The largest absolute Gasteiger partial charge is 0.492 e. The number of nitrogens with one attached hydrogen (secondary N) is 1. The van der Waals surface area contributed by atoms with Crippen LogP contribution in [0.25, 0.3) is 0 Å². The summed E-state index contributed by atoms with van der Waals surface area (Å²) in [7, 11) is 0. The third-order valence-electron chi connectivity index (χ3n) is 4.11. The van der Waals surface area contributed by atoms with E-state index < -0.39 is 6.10 Å². The first-order chi connectivity index (χ1) is 12.0. The summed E-state index contributed by atoms with van der Waals surface area (Å²) >= 11 is 0. The quantitative estimate of drug-likeness (QED) is 0.739. The molecule has 134 valence electrons. The second kappa shape index (κ2) is 9.11. The third-order valence-corrected chi connectivity index (χ3v) is 4.11. The summed E-state index contributed by atoms with van der Waals surface area (Å²) in [5.74, 6) is 1.41. The number of benzene rings is 2. The molecule has 4 nitrogen and oxygen atoms in total. The van der Waals surface area contributed by atoms with E-state index in [1.54, 1.807) is 0 Å². The predicted octanol–water partition coefficient (Wildman–Crippen LogP) is 3.96. The highest BCUT2D eigenvalue weighted by Crippen LogP contribution is 2.16. The van der Waals surface area contributed by atoms with Crippen molar-refractivity contribution in [2.45, 2.75) is 40.2 Å². The summed E-state index contributed by atoms with van der Waals surface area (Å²) < 4.78 is 11.5. The molecule has 1 atom stereocenters. The maximum Gasteiger partial charge on any atom is 0.261 e. The van der Waals surface area contributed by atoms with E-state index in [-0.39, 0.29) is 5.91 Å². The highest BCUT2D eigenvalue weighted by atomic mass is 16.5. The lowest BCUT2D eigenvalue weighted by Gasteiger charge is -2.17. The Morgan fingerprint density at radius 2 is 1.68 bits per heavy atom.